The fourth-order valence-electron chi connectivity index (χ4n) is 4.91. The van der Waals surface area contributed by atoms with Crippen molar-refractivity contribution in [2.24, 2.45) is 22.9 Å². The summed E-state index contributed by atoms with van der Waals surface area (Å²) < 4.78 is 22.9. The number of carbonyl (C=O) groups excluding carboxylic acids is 5. The minimum atomic E-state index is -3.84. The van der Waals surface area contributed by atoms with E-state index < -0.39 is 51.2 Å². The summed E-state index contributed by atoms with van der Waals surface area (Å²) in [5.74, 6) is -4.31. The highest BCUT2D eigenvalue weighted by molar-refractivity contribution is 7.89. The molecule has 3 aromatic rings. The molecular weight excluding hydrogens is 594 g/mol. The number of nitrogens with zero attached hydrogens (tertiary/aromatic N) is 1. The Morgan fingerprint density at radius 1 is 0.822 bits per heavy atom. The number of Topliss-reactive ketones (excluding diaryl/α,β-unsaturated/α-hetero) is 4. The van der Waals surface area contributed by atoms with Crippen molar-refractivity contribution in [3.05, 3.63) is 95.8 Å². The Balaban J connectivity index is 1.63. The summed E-state index contributed by atoms with van der Waals surface area (Å²) in [4.78, 5) is 69.4. The molecule has 3 atom stereocenters. The van der Waals surface area contributed by atoms with E-state index in [4.69, 9.17) is 5.14 Å². The monoisotopic (exact) mass is 633 g/mol. The fourth-order valence-corrected chi connectivity index (χ4v) is 5.42. The van der Waals surface area contributed by atoms with Crippen LogP contribution in [0.3, 0.4) is 0 Å². The van der Waals surface area contributed by atoms with E-state index in [1.165, 1.54) is 43.6 Å². The van der Waals surface area contributed by atoms with Crippen molar-refractivity contribution < 1.29 is 32.4 Å². The van der Waals surface area contributed by atoms with E-state index in [1.54, 1.807) is 26.0 Å². The first-order chi connectivity index (χ1) is 21.3. The molecule has 0 bridgehead atoms. The number of ketones is 4. The lowest BCUT2D eigenvalue weighted by atomic mass is 9.83. The first-order valence-electron chi connectivity index (χ1n) is 14.7. The number of nitrogens with two attached hydrogens (primary N) is 1. The number of sulfonamides is 1. The Morgan fingerprint density at radius 3 is 2.02 bits per heavy atom. The maximum absolute atomic E-state index is 13.4. The van der Waals surface area contributed by atoms with E-state index in [-0.39, 0.29) is 48.7 Å². The molecule has 10 nitrogen and oxygen atoms in total. The Hall–Kier alpha value is -4.35. The molecule has 0 spiro atoms. The normalized spacial score (nSPS) is 13.4. The molecule has 45 heavy (non-hydrogen) atoms. The highest BCUT2D eigenvalue weighted by atomic mass is 32.2. The topological polar surface area (TPSA) is 170 Å². The third-order valence-corrected chi connectivity index (χ3v) is 8.63. The Labute approximate surface area is 263 Å². The molecule has 1 heterocycles. The van der Waals surface area contributed by atoms with Crippen molar-refractivity contribution in [1.29, 1.82) is 0 Å². The summed E-state index contributed by atoms with van der Waals surface area (Å²) in [7, 11) is -3.84. The van der Waals surface area contributed by atoms with Crippen LogP contribution >= 0.6 is 0 Å². The maximum atomic E-state index is 13.4. The number of aromatic nitrogens is 1. The number of aryl methyl sites for hydroxylation is 1. The van der Waals surface area contributed by atoms with Gasteiger partial charge in [0.05, 0.1) is 10.9 Å². The maximum Gasteiger partial charge on any atom is 0.238 e. The van der Waals surface area contributed by atoms with Gasteiger partial charge in [-0.1, -0.05) is 56.3 Å². The molecule has 0 unspecified atom stereocenters. The van der Waals surface area contributed by atoms with Crippen molar-refractivity contribution in [1.82, 2.24) is 10.3 Å². The summed E-state index contributed by atoms with van der Waals surface area (Å²) in [5.41, 5.74) is 1.96. The second kappa shape index (κ2) is 16.1. The van der Waals surface area contributed by atoms with Crippen LogP contribution in [0.1, 0.15) is 61.5 Å². The van der Waals surface area contributed by atoms with Crippen LogP contribution in [0.5, 0.6) is 0 Å². The van der Waals surface area contributed by atoms with E-state index >= 15 is 0 Å². The molecule has 2 aromatic carbocycles. The average molecular weight is 634 g/mol. The van der Waals surface area contributed by atoms with Crippen molar-refractivity contribution in [3.63, 3.8) is 0 Å². The van der Waals surface area contributed by atoms with Gasteiger partial charge >= 0.3 is 0 Å². The lowest BCUT2D eigenvalue weighted by Crippen LogP contribution is -2.44. The Morgan fingerprint density at radius 2 is 1.44 bits per heavy atom. The third-order valence-electron chi connectivity index (χ3n) is 7.70. The van der Waals surface area contributed by atoms with Crippen molar-refractivity contribution in [2.75, 3.05) is 0 Å². The molecule has 0 saturated heterocycles. The molecule has 0 aliphatic heterocycles. The van der Waals surface area contributed by atoms with Crippen molar-refractivity contribution >= 4 is 39.1 Å². The van der Waals surface area contributed by atoms with Gasteiger partial charge in [0.2, 0.25) is 21.7 Å². The van der Waals surface area contributed by atoms with Crippen LogP contribution in [-0.4, -0.2) is 48.5 Å². The van der Waals surface area contributed by atoms with Gasteiger partial charge < -0.3 is 5.32 Å². The number of hydrogen-bond donors (Lipinski definition) is 2. The third kappa shape index (κ3) is 10.6. The SMILES string of the molecule is CC(C)[C@H](CC(=O)[C@H](C)NC(=O)[C@@H](CC(=O)c1ccncc1)Cc1ccccc1)C(=O)C(=O)CCc1ccc(S(N)(=O)=O)cc1. The summed E-state index contributed by atoms with van der Waals surface area (Å²) in [5, 5.41) is 7.84. The van der Waals surface area contributed by atoms with Gasteiger partial charge in [-0.2, -0.15) is 0 Å². The van der Waals surface area contributed by atoms with Gasteiger partial charge in [0, 0.05) is 49.1 Å². The highest BCUT2D eigenvalue weighted by Crippen LogP contribution is 2.21. The van der Waals surface area contributed by atoms with Crippen LogP contribution in [0.4, 0.5) is 0 Å². The zero-order valence-electron chi connectivity index (χ0n) is 25.6. The molecule has 0 saturated carbocycles. The molecule has 11 heteroatoms. The molecule has 3 N–H and O–H groups in total. The van der Waals surface area contributed by atoms with E-state index in [9.17, 15) is 32.4 Å². The summed E-state index contributed by atoms with van der Waals surface area (Å²) in [6.07, 6.45) is 3.10. The molecule has 0 aliphatic carbocycles. The zero-order chi connectivity index (χ0) is 33.1. The predicted molar refractivity (Wildman–Crippen MR) is 169 cm³/mol. The molecule has 0 radical (unpaired) electrons. The van der Waals surface area contributed by atoms with Gasteiger partial charge in [0.25, 0.3) is 0 Å². The molecule has 3 rings (SSSR count). The van der Waals surface area contributed by atoms with E-state index in [0.29, 0.717) is 11.1 Å². The highest BCUT2D eigenvalue weighted by Gasteiger charge is 2.32. The van der Waals surface area contributed by atoms with Gasteiger partial charge in [-0.05, 0) is 61.1 Å². The van der Waals surface area contributed by atoms with Crippen LogP contribution in [0.2, 0.25) is 0 Å². The molecule has 1 aromatic heterocycles. The standard InChI is InChI=1S/C34H39N3O7S/c1-22(2)29(33(41)30(38)14-11-24-9-12-28(13-10-24)45(35,43)44)21-31(39)23(3)37-34(42)27(19-25-7-5-4-6-8-25)20-32(40)26-15-17-36-18-16-26/h4-10,12-13,15-18,22-23,27,29H,11,14,19-21H2,1-3H3,(H,37,42)(H2,35,43,44)/t23-,27+,29-/m0/s1. The van der Waals surface area contributed by atoms with Crippen LogP contribution < -0.4 is 10.5 Å². The van der Waals surface area contributed by atoms with Crippen molar-refractivity contribution in [3.8, 4) is 0 Å². The van der Waals surface area contributed by atoms with Crippen LogP contribution in [0.25, 0.3) is 0 Å². The second-order valence-electron chi connectivity index (χ2n) is 11.5. The van der Waals surface area contributed by atoms with E-state index in [1.807, 2.05) is 30.3 Å². The molecule has 0 aliphatic rings. The number of hydrogen-bond acceptors (Lipinski definition) is 8. The number of primary sulfonamides is 1. The summed E-state index contributed by atoms with van der Waals surface area (Å²) in [6, 6.07) is 17.2. The van der Waals surface area contributed by atoms with Gasteiger partial charge in [-0.25, -0.2) is 13.6 Å². The molecular formula is C34H39N3O7S. The predicted octanol–water partition coefficient (Wildman–Crippen LogP) is 3.67. The first-order valence-corrected chi connectivity index (χ1v) is 16.3. The number of rotatable bonds is 17. The number of benzene rings is 2. The van der Waals surface area contributed by atoms with Crippen LogP contribution in [0.15, 0.2) is 84.0 Å². The Bertz CT molecular complexity index is 1610. The number of pyridine rings is 1. The molecule has 238 valence electrons. The van der Waals surface area contributed by atoms with Crippen molar-refractivity contribution in [2.45, 2.75) is 63.8 Å². The minimum absolute atomic E-state index is 0.0556. The van der Waals surface area contributed by atoms with E-state index in [0.717, 1.165) is 5.56 Å². The fraction of sp³-hybridized carbons (Fsp3) is 0.353. The Kier molecular flexibility index (Phi) is 12.6. The van der Waals surface area contributed by atoms with E-state index in [2.05, 4.69) is 10.3 Å². The zero-order valence-corrected chi connectivity index (χ0v) is 26.5. The quantitative estimate of drug-likeness (QED) is 0.168. The second-order valence-corrected chi connectivity index (χ2v) is 13.0. The lowest BCUT2D eigenvalue weighted by molar-refractivity contribution is -0.141. The van der Waals surface area contributed by atoms with Gasteiger partial charge in [-0.15, -0.1) is 0 Å². The van der Waals surface area contributed by atoms with Gasteiger partial charge in [-0.3, -0.25) is 29.0 Å². The molecule has 1 amide bonds. The average Bonchev–Trinajstić information content (AvgIpc) is 3.02. The summed E-state index contributed by atoms with van der Waals surface area (Å²) in [6.45, 7) is 5.03. The minimum Gasteiger partial charge on any atom is -0.346 e. The number of carbonyl (C=O) groups is 5. The van der Waals surface area contributed by atoms with Crippen LogP contribution in [-0.2, 0) is 42.0 Å². The van der Waals surface area contributed by atoms with Crippen LogP contribution in [0, 0.1) is 17.8 Å². The summed E-state index contributed by atoms with van der Waals surface area (Å²) >= 11 is 0. The smallest absolute Gasteiger partial charge is 0.238 e. The van der Waals surface area contributed by atoms with Gasteiger partial charge in [0.1, 0.15) is 0 Å². The van der Waals surface area contributed by atoms with Gasteiger partial charge in [0.15, 0.2) is 17.3 Å². The molecule has 0 fully saturated rings. The number of amides is 1. The number of nitrogens with one attached hydrogen (secondary N) is 1. The first kappa shape index (κ1) is 35.1. The lowest BCUT2D eigenvalue weighted by Gasteiger charge is -2.23. The largest absolute Gasteiger partial charge is 0.346 e.